The summed E-state index contributed by atoms with van der Waals surface area (Å²) >= 11 is 1.59. The number of nitrogens with zero attached hydrogens (tertiary/aromatic N) is 2. The highest BCUT2D eigenvalue weighted by Gasteiger charge is 2.23. The Morgan fingerprint density at radius 2 is 2.16 bits per heavy atom. The second kappa shape index (κ2) is 9.07. The van der Waals surface area contributed by atoms with Crippen LogP contribution in [0.25, 0.3) is 21.9 Å². The van der Waals surface area contributed by atoms with Crippen LogP contribution < -0.4 is 10.3 Å². The molecule has 0 fully saturated rings. The minimum absolute atomic E-state index is 0.151. The van der Waals surface area contributed by atoms with Gasteiger partial charge in [0, 0.05) is 4.88 Å². The molecule has 1 aliphatic rings. The van der Waals surface area contributed by atoms with Crippen LogP contribution in [0, 0.1) is 23.2 Å². The second-order valence-electron chi connectivity index (χ2n) is 8.72. The number of ether oxygens (including phenoxy) is 1. The molecule has 2 aromatic heterocycles. The minimum Gasteiger partial charge on any atom is -0.494 e. The van der Waals surface area contributed by atoms with Crippen LogP contribution in [-0.4, -0.2) is 16.6 Å². The number of hydrogen-bond donors (Lipinski definition) is 1. The Kier molecular flexibility index (Phi) is 6.24. The van der Waals surface area contributed by atoms with E-state index in [1.54, 1.807) is 17.4 Å². The fourth-order valence-electron chi connectivity index (χ4n) is 3.87. The Morgan fingerprint density at radius 1 is 1.39 bits per heavy atom. The topological polar surface area (TPSA) is 78.8 Å². The van der Waals surface area contributed by atoms with Crippen LogP contribution in [0.15, 0.2) is 29.1 Å². The smallest absolute Gasteiger partial charge is 0.260 e. The Balaban J connectivity index is 1.61. The summed E-state index contributed by atoms with van der Waals surface area (Å²) in [7, 11) is 0. The fraction of sp³-hybridized carbons (Fsp3) is 0.400. The number of H-pyrrole nitrogens is 1. The molecule has 0 saturated carbocycles. The van der Waals surface area contributed by atoms with Gasteiger partial charge >= 0.3 is 0 Å². The molecular formula is C25H27N3O2S. The molecule has 1 N–H and O–H groups in total. The number of aryl methyl sites for hydroxylation is 1. The monoisotopic (exact) mass is 433 g/mol. The van der Waals surface area contributed by atoms with E-state index in [0.717, 1.165) is 47.4 Å². The SMILES string of the molecule is CC(C)CCOc1ccc(/C=C(/C#N)c2nc3sc4c(c3c(=O)[nH]2)CCC(C)C4)cc1. The van der Waals surface area contributed by atoms with Crippen molar-refractivity contribution in [2.75, 3.05) is 6.61 Å². The molecule has 0 bridgehead atoms. The van der Waals surface area contributed by atoms with E-state index in [1.807, 2.05) is 24.3 Å². The van der Waals surface area contributed by atoms with Crippen LogP contribution in [0.3, 0.4) is 0 Å². The number of nitriles is 1. The summed E-state index contributed by atoms with van der Waals surface area (Å²) in [5, 5.41) is 10.4. The summed E-state index contributed by atoms with van der Waals surface area (Å²) in [6.45, 7) is 7.27. The molecule has 6 heteroatoms. The molecule has 4 rings (SSSR count). The number of allylic oxidation sites excluding steroid dienone is 1. The van der Waals surface area contributed by atoms with Crippen LogP contribution in [0.2, 0.25) is 0 Å². The number of hydrogen-bond acceptors (Lipinski definition) is 5. The number of benzene rings is 1. The van der Waals surface area contributed by atoms with Crippen molar-refractivity contribution in [3.63, 3.8) is 0 Å². The Hall–Kier alpha value is -2.91. The standard InChI is InChI=1S/C25H27N3O2S/c1-15(2)10-11-30-19-7-5-17(6-8-19)13-18(14-26)23-27-24(29)22-20-9-4-16(3)12-21(20)31-25(22)28-23/h5-8,13,15-16H,4,9-12H2,1-3H3,(H,27,28,29)/b18-13-. The van der Waals surface area contributed by atoms with E-state index in [9.17, 15) is 10.1 Å². The third kappa shape index (κ3) is 4.72. The van der Waals surface area contributed by atoms with Crippen molar-refractivity contribution in [2.24, 2.45) is 11.8 Å². The molecule has 0 radical (unpaired) electrons. The molecule has 1 aromatic carbocycles. The Labute approximate surface area is 186 Å². The van der Waals surface area contributed by atoms with Crippen molar-refractivity contribution >= 4 is 33.2 Å². The summed E-state index contributed by atoms with van der Waals surface area (Å²) in [5.74, 6) is 2.36. The lowest BCUT2D eigenvalue weighted by Gasteiger charge is -2.17. The second-order valence-corrected chi connectivity index (χ2v) is 9.80. The molecule has 0 aliphatic heterocycles. The molecule has 0 amide bonds. The number of aromatic amines is 1. The number of thiophene rings is 1. The van der Waals surface area contributed by atoms with Crippen LogP contribution in [0.1, 0.15) is 55.4 Å². The number of nitrogens with one attached hydrogen (secondary N) is 1. The molecule has 2 heterocycles. The minimum atomic E-state index is -0.151. The van der Waals surface area contributed by atoms with E-state index in [0.29, 0.717) is 35.2 Å². The first-order valence-corrected chi connectivity index (χ1v) is 11.7. The van der Waals surface area contributed by atoms with Gasteiger partial charge in [-0.2, -0.15) is 5.26 Å². The maximum atomic E-state index is 12.8. The van der Waals surface area contributed by atoms with Crippen LogP contribution in [0.5, 0.6) is 5.75 Å². The number of fused-ring (bicyclic) bond motifs is 3. The summed E-state index contributed by atoms with van der Waals surface area (Å²) in [6.07, 6.45) is 5.77. The number of rotatable bonds is 6. The molecule has 5 nitrogen and oxygen atoms in total. The predicted octanol–water partition coefficient (Wildman–Crippen LogP) is 5.60. The lowest BCUT2D eigenvalue weighted by Crippen LogP contribution is -2.14. The molecule has 0 saturated heterocycles. The quantitative estimate of drug-likeness (QED) is 0.513. The lowest BCUT2D eigenvalue weighted by molar-refractivity contribution is 0.289. The highest BCUT2D eigenvalue weighted by Crippen LogP contribution is 2.36. The molecule has 160 valence electrons. The van der Waals surface area contributed by atoms with Crippen molar-refractivity contribution in [2.45, 2.75) is 46.5 Å². The first kappa shape index (κ1) is 21.3. The van der Waals surface area contributed by atoms with Gasteiger partial charge in [-0.3, -0.25) is 4.79 Å². The third-order valence-corrected chi connectivity index (χ3v) is 6.84. The molecule has 1 atom stereocenters. The van der Waals surface area contributed by atoms with Gasteiger partial charge in [0.2, 0.25) is 0 Å². The highest BCUT2D eigenvalue weighted by molar-refractivity contribution is 7.18. The van der Waals surface area contributed by atoms with Crippen LogP contribution in [-0.2, 0) is 12.8 Å². The third-order valence-electron chi connectivity index (χ3n) is 5.70. The van der Waals surface area contributed by atoms with E-state index in [1.165, 1.54) is 4.88 Å². The van der Waals surface area contributed by atoms with Crippen molar-refractivity contribution < 1.29 is 4.74 Å². The first-order valence-electron chi connectivity index (χ1n) is 10.8. The van der Waals surface area contributed by atoms with Crippen molar-refractivity contribution in [1.82, 2.24) is 9.97 Å². The molecular weight excluding hydrogens is 406 g/mol. The van der Waals surface area contributed by atoms with Gasteiger partial charge in [-0.05, 0) is 66.9 Å². The Morgan fingerprint density at radius 3 is 2.87 bits per heavy atom. The van der Waals surface area contributed by atoms with Crippen molar-refractivity contribution in [3.8, 4) is 11.8 Å². The van der Waals surface area contributed by atoms with Gasteiger partial charge in [-0.15, -0.1) is 11.3 Å². The molecule has 1 unspecified atom stereocenters. The van der Waals surface area contributed by atoms with E-state index in [-0.39, 0.29) is 5.56 Å². The maximum absolute atomic E-state index is 12.8. The van der Waals surface area contributed by atoms with E-state index in [2.05, 4.69) is 36.8 Å². The maximum Gasteiger partial charge on any atom is 0.260 e. The summed E-state index contributed by atoms with van der Waals surface area (Å²) in [4.78, 5) is 22.3. The molecule has 31 heavy (non-hydrogen) atoms. The van der Waals surface area contributed by atoms with Gasteiger partial charge in [0.05, 0.1) is 17.6 Å². The summed E-state index contributed by atoms with van der Waals surface area (Å²) in [5.41, 5.74) is 2.19. The summed E-state index contributed by atoms with van der Waals surface area (Å²) in [6, 6.07) is 9.80. The summed E-state index contributed by atoms with van der Waals surface area (Å²) < 4.78 is 5.75. The zero-order valence-corrected chi connectivity index (χ0v) is 19.0. The van der Waals surface area contributed by atoms with E-state index < -0.39 is 0 Å². The predicted molar refractivity (Wildman–Crippen MR) is 126 cm³/mol. The van der Waals surface area contributed by atoms with Gasteiger partial charge in [0.15, 0.2) is 5.82 Å². The largest absolute Gasteiger partial charge is 0.494 e. The normalized spacial score (nSPS) is 16.4. The van der Waals surface area contributed by atoms with Gasteiger partial charge in [-0.1, -0.05) is 32.9 Å². The van der Waals surface area contributed by atoms with E-state index in [4.69, 9.17) is 4.74 Å². The van der Waals surface area contributed by atoms with Crippen LogP contribution >= 0.6 is 11.3 Å². The average molecular weight is 434 g/mol. The zero-order valence-electron chi connectivity index (χ0n) is 18.2. The van der Waals surface area contributed by atoms with Crippen molar-refractivity contribution in [1.29, 1.82) is 5.26 Å². The Bertz CT molecular complexity index is 1210. The van der Waals surface area contributed by atoms with Crippen molar-refractivity contribution in [3.05, 3.63) is 56.4 Å². The van der Waals surface area contributed by atoms with Gasteiger partial charge in [0.1, 0.15) is 16.6 Å². The lowest BCUT2D eigenvalue weighted by atomic mass is 9.89. The average Bonchev–Trinajstić information content (AvgIpc) is 3.10. The van der Waals surface area contributed by atoms with Gasteiger partial charge < -0.3 is 9.72 Å². The van der Waals surface area contributed by atoms with Crippen LogP contribution in [0.4, 0.5) is 0 Å². The van der Waals surface area contributed by atoms with Gasteiger partial charge in [-0.25, -0.2) is 4.98 Å². The fourth-order valence-corrected chi connectivity index (χ4v) is 5.25. The number of aromatic nitrogens is 2. The molecule has 3 aromatic rings. The van der Waals surface area contributed by atoms with Gasteiger partial charge in [0.25, 0.3) is 5.56 Å². The zero-order chi connectivity index (χ0) is 22.0. The highest BCUT2D eigenvalue weighted by atomic mass is 32.1. The first-order chi connectivity index (χ1) is 14.9. The molecule has 1 aliphatic carbocycles. The van der Waals surface area contributed by atoms with E-state index >= 15 is 0 Å². The molecule has 0 spiro atoms.